The van der Waals surface area contributed by atoms with Crippen LogP contribution in [-0.4, -0.2) is 19.2 Å². The van der Waals surface area contributed by atoms with Gasteiger partial charge in [0.2, 0.25) is 10.5 Å². The zero-order valence-corrected chi connectivity index (χ0v) is 14.6. The molecular formula is C17H14N4OS2. The zero-order chi connectivity index (χ0) is 16.4. The summed E-state index contributed by atoms with van der Waals surface area (Å²) in [4.78, 5) is 15.6. The number of fused-ring (bicyclic) bond motifs is 5. The van der Waals surface area contributed by atoms with Gasteiger partial charge in [-0.3, -0.25) is 4.79 Å². The van der Waals surface area contributed by atoms with E-state index in [0.29, 0.717) is 10.5 Å². The molecule has 0 fully saturated rings. The van der Waals surface area contributed by atoms with Crippen LogP contribution in [0.3, 0.4) is 0 Å². The first-order valence-corrected chi connectivity index (χ1v) is 9.11. The summed E-state index contributed by atoms with van der Waals surface area (Å²) in [5, 5.41) is 7.97. The summed E-state index contributed by atoms with van der Waals surface area (Å²) in [6.07, 6.45) is 3.14. The van der Waals surface area contributed by atoms with Gasteiger partial charge in [-0.1, -0.05) is 17.7 Å². The number of hydrogen-bond donors (Lipinski definition) is 1. The van der Waals surface area contributed by atoms with Gasteiger partial charge in [0.15, 0.2) is 0 Å². The lowest BCUT2D eigenvalue weighted by molar-refractivity contribution is 0.913. The van der Waals surface area contributed by atoms with Crippen LogP contribution in [0, 0.1) is 11.7 Å². The van der Waals surface area contributed by atoms with E-state index in [1.807, 2.05) is 35.6 Å². The molecule has 0 bridgehead atoms. The molecule has 1 aliphatic rings. The van der Waals surface area contributed by atoms with E-state index >= 15 is 0 Å². The minimum absolute atomic E-state index is 0.00486. The third-order valence-corrected chi connectivity index (χ3v) is 6.22. The highest BCUT2D eigenvalue weighted by Crippen LogP contribution is 2.36. The molecule has 7 heteroatoms. The molecule has 3 heterocycles. The van der Waals surface area contributed by atoms with Crippen LogP contribution in [0.4, 0.5) is 0 Å². The number of H-pyrrole nitrogens is 1. The molecule has 0 saturated carbocycles. The Bertz CT molecular complexity index is 1220. The summed E-state index contributed by atoms with van der Waals surface area (Å²) in [5.41, 5.74) is 3.16. The molecular weight excluding hydrogens is 340 g/mol. The van der Waals surface area contributed by atoms with Crippen molar-refractivity contribution in [3.63, 3.8) is 0 Å². The van der Waals surface area contributed by atoms with Crippen molar-refractivity contribution in [3.05, 3.63) is 55.4 Å². The Labute approximate surface area is 146 Å². The summed E-state index contributed by atoms with van der Waals surface area (Å²) < 4.78 is 4.09. The van der Waals surface area contributed by atoms with Crippen LogP contribution >= 0.6 is 23.6 Å². The summed E-state index contributed by atoms with van der Waals surface area (Å²) in [7, 11) is 0. The van der Waals surface area contributed by atoms with E-state index in [9.17, 15) is 4.79 Å². The number of benzene rings is 1. The molecule has 1 aliphatic carbocycles. The van der Waals surface area contributed by atoms with Crippen LogP contribution in [0.15, 0.2) is 29.1 Å². The molecule has 0 spiro atoms. The number of hydrogen-bond acceptors (Lipinski definition) is 4. The minimum atomic E-state index is -0.00486. The van der Waals surface area contributed by atoms with Crippen LogP contribution in [0.25, 0.3) is 21.7 Å². The van der Waals surface area contributed by atoms with Gasteiger partial charge >= 0.3 is 0 Å². The van der Waals surface area contributed by atoms with Crippen molar-refractivity contribution in [3.8, 4) is 5.69 Å². The first-order valence-electron chi connectivity index (χ1n) is 7.88. The first kappa shape index (κ1) is 14.1. The van der Waals surface area contributed by atoms with E-state index in [-0.39, 0.29) is 5.56 Å². The molecule has 0 aliphatic heterocycles. The van der Waals surface area contributed by atoms with E-state index in [1.54, 1.807) is 15.9 Å². The smallest absolute Gasteiger partial charge is 0.268 e. The molecule has 3 aromatic heterocycles. The molecule has 1 aromatic carbocycles. The average molecular weight is 354 g/mol. The second kappa shape index (κ2) is 4.87. The number of thiophene rings is 1. The van der Waals surface area contributed by atoms with Crippen molar-refractivity contribution >= 4 is 39.5 Å². The van der Waals surface area contributed by atoms with Crippen molar-refractivity contribution in [1.82, 2.24) is 19.2 Å². The zero-order valence-electron chi connectivity index (χ0n) is 13.0. The normalized spacial score (nSPS) is 13.9. The highest BCUT2D eigenvalue weighted by Gasteiger charge is 2.24. The number of aromatic nitrogens is 4. The van der Waals surface area contributed by atoms with Gasteiger partial charge in [0.1, 0.15) is 4.83 Å². The van der Waals surface area contributed by atoms with E-state index < -0.39 is 0 Å². The Balaban J connectivity index is 2.02. The maximum absolute atomic E-state index is 13.3. The molecule has 4 aromatic rings. The second-order valence-electron chi connectivity index (χ2n) is 6.18. The number of nitrogens with zero attached hydrogens (tertiary/aromatic N) is 3. The molecule has 0 radical (unpaired) electrons. The lowest BCUT2D eigenvalue weighted by atomic mass is 10.2. The van der Waals surface area contributed by atoms with Crippen LogP contribution in [0.5, 0.6) is 0 Å². The molecule has 0 amide bonds. The Morgan fingerprint density at radius 1 is 1.25 bits per heavy atom. The largest absolute Gasteiger partial charge is 0.268 e. The standard InChI is InChI=1S/C17H14N4OS2/c1-9-5-7-10(8-6-9)20-14(22)13-11-3-2-4-12(11)24-15(13)21-16(20)18-19-17(21)23/h5-8H,2-4H2,1H3,(H,19,23). The van der Waals surface area contributed by atoms with Crippen LogP contribution in [0.2, 0.25) is 0 Å². The van der Waals surface area contributed by atoms with Gasteiger partial charge in [-0.25, -0.2) is 14.1 Å². The Morgan fingerprint density at radius 2 is 2.04 bits per heavy atom. The van der Waals surface area contributed by atoms with E-state index in [4.69, 9.17) is 12.2 Å². The molecule has 0 atom stereocenters. The molecule has 120 valence electrons. The summed E-state index contributed by atoms with van der Waals surface area (Å²) in [6, 6.07) is 7.91. The topological polar surface area (TPSA) is 55.1 Å². The van der Waals surface area contributed by atoms with E-state index in [2.05, 4.69) is 10.2 Å². The highest BCUT2D eigenvalue weighted by molar-refractivity contribution is 7.71. The van der Waals surface area contributed by atoms with Gasteiger partial charge < -0.3 is 0 Å². The Morgan fingerprint density at radius 3 is 2.83 bits per heavy atom. The fraction of sp³-hybridized carbons (Fsp3) is 0.235. The molecule has 5 rings (SSSR count). The van der Waals surface area contributed by atoms with E-state index in [0.717, 1.165) is 40.7 Å². The first-order chi connectivity index (χ1) is 11.6. The fourth-order valence-corrected chi connectivity index (χ4v) is 5.18. The summed E-state index contributed by atoms with van der Waals surface area (Å²) >= 11 is 7.11. The minimum Gasteiger partial charge on any atom is -0.268 e. The van der Waals surface area contributed by atoms with Crippen molar-refractivity contribution in [2.75, 3.05) is 0 Å². The highest BCUT2D eigenvalue weighted by atomic mass is 32.1. The quantitative estimate of drug-likeness (QED) is 0.532. The third kappa shape index (κ3) is 1.76. The number of rotatable bonds is 1. The predicted molar refractivity (Wildman–Crippen MR) is 98.1 cm³/mol. The van der Waals surface area contributed by atoms with Crippen LogP contribution in [-0.2, 0) is 12.8 Å². The van der Waals surface area contributed by atoms with Gasteiger partial charge in [0.05, 0.1) is 11.1 Å². The van der Waals surface area contributed by atoms with Gasteiger partial charge in [-0.05, 0) is 56.1 Å². The number of nitrogens with one attached hydrogen (secondary N) is 1. The van der Waals surface area contributed by atoms with Gasteiger partial charge in [0.25, 0.3) is 5.56 Å². The summed E-state index contributed by atoms with van der Waals surface area (Å²) in [5.74, 6) is 0.543. The van der Waals surface area contributed by atoms with Crippen molar-refractivity contribution in [2.24, 2.45) is 0 Å². The second-order valence-corrected chi connectivity index (χ2v) is 7.65. The number of aryl methyl sites for hydroxylation is 3. The summed E-state index contributed by atoms with van der Waals surface area (Å²) in [6.45, 7) is 2.03. The predicted octanol–water partition coefficient (Wildman–Crippen LogP) is 3.55. The average Bonchev–Trinajstić information content (AvgIpc) is 3.23. The molecule has 0 unspecified atom stereocenters. The monoisotopic (exact) mass is 354 g/mol. The Kier molecular flexibility index (Phi) is 2.87. The SMILES string of the molecule is Cc1ccc(-n2c(=O)c3c4c(sc3n3c(=S)[nH]nc23)CCC4)cc1. The van der Waals surface area contributed by atoms with Crippen LogP contribution in [0.1, 0.15) is 22.4 Å². The lowest BCUT2D eigenvalue weighted by Gasteiger charge is -2.09. The lowest BCUT2D eigenvalue weighted by Crippen LogP contribution is -2.21. The van der Waals surface area contributed by atoms with Gasteiger partial charge in [0, 0.05) is 4.88 Å². The third-order valence-electron chi connectivity index (χ3n) is 4.67. The van der Waals surface area contributed by atoms with E-state index in [1.165, 1.54) is 10.4 Å². The maximum atomic E-state index is 13.3. The van der Waals surface area contributed by atoms with Crippen LogP contribution < -0.4 is 5.56 Å². The van der Waals surface area contributed by atoms with Crippen molar-refractivity contribution < 1.29 is 0 Å². The van der Waals surface area contributed by atoms with Crippen molar-refractivity contribution in [2.45, 2.75) is 26.2 Å². The Hall–Kier alpha value is -2.25. The molecule has 0 saturated heterocycles. The van der Waals surface area contributed by atoms with Gasteiger partial charge in [-0.2, -0.15) is 0 Å². The van der Waals surface area contributed by atoms with Gasteiger partial charge in [-0.15, -0.1) is 16.4 Å². The molecule has 1 N–H and O–H groups in total. The molecule has 24 heavy (non-hydrogen) atoms. The van der Waals surface area contributed by atoms with Crippen molar-refractivity contribution in [1.29, 1.82) is 0 Å². The molecule has 5 nitrogen and oxygen atoms in total. The number of aromatic amines is 1. The maximum Gasteiger partial charge on any atom is 0.268 e. The fourth-order valence-electron chi connectivity index (χ4n) is 3.52.